The molecule has 3 rings (SSSR count). The Morgan fingerprint density at radius 2 is 2.23 bits per heavy atom. The number of carbonyl (C=O) groups is 1. The van der Waals surface area contributed by atoms with Crippen molar-refractivity contribution in [2.75, 3.05) is 19.7 Å². The lowest BCUT2D eigenvalue weighted by Crippen LogP contribution is -2.31. The summed E-state index contributed by atoms with van der Waals surface area (Å²) in [5.74, 6) is 0.770. The maximum atomic E-state index is 12.3. The van der Waals surface area contributed by atoms with Crippen LogP contribution in [0.2, 0.25) is 0 Å². The van der Waals surface area contributed by atoms with E-state index in [-0.39, 0.29) is 18.4 Å². The number of aromatic nitrogens is 1. The summed E-state index contributed by atoms with van der Waals surface area (Å²) in [6, 6.07) is 11.6. The summed E-state index contributed by atoms with van der Waals surface area (Å²) >= 11 is 0. The zero-order valence-electron chi connectivity index (χ0n) is 12.7. The zero-order chi connectivity index (χ0) is 15.4. The van der Waals surface area contributed by atoms with Gasteiger partial charge in [-0.2, -0.15) is 0 Å². The molecule has 116 valence electrons. The molecule has 0 radical (unpaired) electrons. The molecule has 1 aromatic heterocycles. The number of hydrogen-bond acceptors (Lipinski definition) is 4. The number of amides is 1. The average molecular weight is 300 g/mol. The van der Waals surface area contributed by atoms with Gasteiger partial charge in [0.15, 0.2) is 5.76 Å². The van der Waals surface area contributed by atoms with Crippen molar-refractivity contribution in [3.8, 4) is 11.3 Å². The first-order chi connectivity index (χ1) is 10.8. The molecule has 0 aliphatic carbocycles. The molecule has 1 amide bonds. The van der Waals surface area contributed by atoms with E-state index in [9.17, 15) is 4.79 Å². The van der Waals surface area contributed by atoms with E-state index in [0.717, 1.165) is 18.5 Å². The Morgan fingerprint density at radius 3 is 3.00 bits per heavy atom. The summed E-state index contributed by atoms with van der Waals surface area (Å²) in [5, 5.41) is 4.01. The first-order valence-electron chi connectivity index (χ1n) is 7.66. The standard InChI is InChI=1S/C17H20N2O3/c1-2-21-15-8-9-19(12-15)17(20)11-14-10-16(22-18-14)13-6-4-3-5-7-13/h3-7,10,15H,2,8-9,11-12H2,1H3/t15-/m0/s1. The summed E-state index contributed by atoms with van der Waals surface area (Å²) in [7, 11) is 0. The van der Waals surface area contributed by atoms with Crippen LogP contribution in [0.5, 0.6) is 0 Å². The van der Waals surface area contributed by atoms with Gasteiger partial charge in [-0.3, -0.25) is 4.79 Å². The lowest BCUT2D eigenvalue weighted by atomic mass is 10.1. The fraction of sp³-hybridized carbons (Fsp3) is 0.412. The van der Waals surface area contributed by atoms with Crippen molar-refractivity contribution in [3.63, 3.8) is 0 Å². The van der Waals surface area contributed by atoms with Crippen molar-refractivity contribution in [3.05, 3.63) is 42.1 Å². The van der Waals surface area contributed by atoms with Crippen LogP contribution in [0.25, 0.3) is 11.3 Å². The van der Waals surface area contributed by atoms with Crippen molar-refractivity contribution in [2.24, 2.45) is 0 Å². The van der Waals surface area contributed by atoms with E-state index in [1.807, 2.05) is 48.2 Å². The van der Waals surface area contributed by atoms with Gasteiger partial charge in [-0.05, 0) is 13.3 Å². The molecule has 22 heavy (non-hydrogen) atoms. The minimum Gasteiger partial charge on any atom is -0.377 e. The third-order valence-electron chi connectivity index (χ3n) is 3.85. The molecule has 0 unspecified atom stereocenters. The van der Waals surface area contributed by atoms with Gasteiger partial charge in [-0.1, -0.05) is 35.5 Å². The first-order valence-corrected chi connectivity index (χ1v) is 7.66. The lowest BCUT2D eigenvalue weighted by Gasteiger charge is -2.15. The second-order valence-electron chi connectivity index (χ2n) is 5.43. The van der Waals surface area contributed by atoms with Gasteiger partial charge in [0.05, 0.1) is 18.2 Å². The van der Waals surface area contributed by atoms with Crippen molar-refractivity contribution in [1.29, 1.82) is 0 Å². The molecule has 1 fully saturated rings. The molecule has 1 aromatic carbocycles. The SMILES string of the molecule is CCO[C@H]1CCN(C(=O)Cc2cc(-c3ccccc3)on2)C1. The van der Waals surface area contributed by atoms with Gasteiger partial charge in [0.1, 0.15) is 0 Å². The molecule has 1 atom stereocenters. The number of benzene rings is 1. The smallest absolute Gasteiger partial charge is 0.228 e. The van der Waals surface area contributed by atoms with Crippen LogP contribution in [0.3, 0.4) is 0 Å². The highest BCUT2D eigenvalue weighted by Crippen LogP contribution is 2.21. The zero-order valence-corrected chi connectivity index (χ0v) is 12.7. The van der Waals surface area contributed by atoms with Crippen LogP contribution in [0, 0.1) is 0 Å². The Labute approximate surface area is 129 Å². The fourth-order valence-corrected chi connectivity index (χ4v) is 2.73. The van der Waals surface area contributed by atoms with E-state index < -0.39 is 0 Å². The van der Waals surface area contributed by atoms with E-state index in [2.05, 4.69) is 5.16 Å². The first kappa shape index (κ1) is 14.8. The van der Waals surface area contributed by atoms with E-state index in [1.54, 1.807) is 0 Å². The summed E-state index contributed by atoms with van der Waals surface area (Å²) < 4.78 is 10.9. The number of likely N-dealkylation sites (tertiary alicyclic amines) is 1. The Bertz CT molecular complexity index is 624. The van der Waals surface area contributed by atoms with Crippen molar-refractivity contribution in [2.45, 2.75) is 25.9 Å². The molecule has 5 heteroatoms. The van der Waals surface area contributed by atoms with Crippen LogP contribution in [-0.2, 0) is 16.0 Å². The quantitative estimate of drug-likeness (QED) is 0.851. The van der Waals surface area contributed by atoms with Crippen molar-refractivity contribution in [1.82, 2.24) is 10.1 Å². The Hall–Kier alpha value is -2.14. The van der Waals surface area contributed by atoms with Gasteiger partial charge in [0.2, 0.25) is 5.91 Å². The highest BCUT2D eigenvalue weighted by molar-refractivity contribution is 5.79. The van der Waals surface area contributed by atoms with Gasteiger partial charge in [-0.15, -0.1) is 0 Å². The molecule has 0 saturated carbocycles. The summed E-state index contributed by atoms with van der Waals surface area (Å²) in [5.41, 5.74) is 1.63. The molecule has 0 N–H and O–H groups in total. The van der Waals surface area contributed by atoms with E-state index in [4.69, 9.17) is 9.26 Å². The third kappa shape index (κ3) is 3.36. The fourth-order valence-electron chi connectivity index (χ4n) is 2.73. The minimum absolute atomic E-state index is 0.0788. The molecule has 1 aliphatic rings. The number of rotatable bonds is 5. The highest BCUT2D eigenvalue weighted by Gasteiger charge is 2.27. The van der Waals surface area contributed by atoms with Crippen molar-refractivity contribution < 1.29 is 14.1 Å². The minimum atomic E-state index is 0.0788. The largest absolute Gasteiger partial charge is 0.377 e. The highest BCUT2D eigenvalue weighted by atomic mass is 16.5. The molecule has 0 spiro atoms. The summed E-state index contributed by atoms with van der Waals surface area (Å²) in [6.45, 7) is 4.10. The molecular formula is C17H20N2O3. The molecule has 0 bridgehead atoms. The predicted molar refractivity (Wildman–Crippen MR) is 82.3 cm³/mol. The number of ether oxygens (including phenoxy) is 1. The van der Waals surface area contributed by atoms with Crippen LogP contribution >= 0.6 is 0 Å². The van der Waals surface area contributed by atoms with E-state index in [0.29, 0.717) is 24.6 Å². The van der Waals surface area contributed by atoms with Gasteiger partial charge < -0.3 is 14.2 Å². The second kappa shape index (κ2) is 6.75. The maximum absolute atomic E-state index is 12.3. The summed E-state index contributed by atoms with van der Waals surface area (Å²) in [6.07, 6.45) is 1.36. The number of hydrogen-bond donors (Lipinski definition) is 0. The Morgan fingerprint density at radius 1 is 1.41 bits per heavy atom. The van der Waals surface area contributed by atoms with E-state index >= 15 is 0 Å². The molecule has 1 aliphatic heterocycles. The van der Waals surface area contributed by atoms with Crippen LogP contribution in [0.1, 0.15) is 19.0 Å². The lowest BCUT2D eigenvalue weighted by molar-refractivity contribution is -0.130. The van der Waals surface area contributed by atoms with Crippen molar-refractivity contribution >= 4 is 5.91 Å². The topological polar surface area (TPSA) is 55.6 Å². The predicted octanol–water partition coefficient (Wildman–Crippen LogP) is 2.52. The average Bonchev–Trinajstić information content (AvgIpc) is 3.18. The third-order valence-corrected chi connectivity index (χ3v) is 3.85. The molecular weight excluding hydrogens is 280 g/mol. The van der Waals surface area contributed by atoms with Crippen LogP contribution in [0.4, 0.5) is 0 Å². The maximum Gasteiger partial charge on any atom is 0.228 e. The van der Waals surface area contributed by atoms with Crippen LogP contribution in [-0.4, -0.2) is 41.8 Å². The van der Waals surface area contributed by atoms with E-state index in [1.165, 1.54) is 0 Å². The van der Waals surface area contributed by atoms with Gasteiger partial charge >= 0.3 is 0 Å². The molecule has 5 nitrogen and oxygen atoms in total. The molecule has 1 saturated heterocycles. The Kier molecular flexibility index (Phi) is 4.53. The van der Waals surface area contributed by atoms with Gasteiger partial charge in [-0.25, -0.2) is 0 Å². The normalized spacial score (nSPS) is 17.9. The second-order valence-corrected chi connectivity index (χ2v) is 5.43. The monoisotopic (exact) mass is 300 g/mol. The number of carbonyl (C=O) groups excluding carboxylic acids is 1. The van der Waals surface area contributed by atoms with Crippen LogP contribution < -0.4 is 0 Å². The summed E-state index contributed by atoms with van der Waals surface area (Å²) in [4.78, 5) is 14.1. The Balaban J connectivity index is 1.60. The molecule has 2 aromatic rings. The molecule has 2 heterocycles. The van der Waals surface area contributed by atoms with Crippen LogP contribution in [0.15, 0.2) is 40.9 Å². The van der Waals surface area contributed by atoms with Gasteiger partial charge in [0, 0.05) is 31.3 Å². The number of nitrogens with zero attached hydrogens (tertiary/aromatic N) is 2. The van der Waals surface area contributed by atoms with Gasteiger partial charge in [0.25, 0.3) is 0 Å².